The highest BCUT2D eigenvalue weighted by atomic mass is 19.4. The van der Waals surface area contributed by atoms with Gasteiger partial charge in [0, 0.05) is 48.3 Å². The number of rotatable bonds is 8. The van der Waals surface area contributed by atoms with Gasteiger partial charge in [0.2, 0.25) is 0 Å². The average Bonchev–Trinajstić information content (AvgIpc) is 3.30. The number of nitrogens with one attached hydrogen (secondary N) is 3. The van der Waals surface area contributed by atoms with E-state index in [-0.39, 0.29) is 5.69 Å². The summed E-state index contributed by atoms with van der Waals surface area (Å²) in [5.74, 6) is 0.290. The highest BCUT2D eigenvalue weighted by Gasteiger charge is 2.31. The molecule has 0 aliphatic rings. The van der Waals surface area contributed by atoms with E-state index in [1.165, 1.54) is 6.07 Å². The summed E-state index contributed by atoms with van der Waals surface area (Å²) in [7, 11) is 1.11. The Hall–Kier alpha value is -4.67. The number of H-pyrrole nitrogens is 1. The Balaban J connectivity index is 1.52. The first-order chi connectivity index (χ1) is 17.6. The third kappa shape index (κ3) is 6.31. The van der Waals surface area contributed by atoms with Crippen LogP contribution in [0, 0.1) is 0 Å². The van der Waals surface area contributed by atoms with Crippen LogP contribution < -0.4 is 10.7 Å². The van der Waals surface area contributed by atoms with Crippen molar-refractivity contribution in [1.29, 1.82) is 0 Å². The van der Waals surface area contributed by atoms with Crippen molar-refractivity contribution >= 4 is 40.6 Å². The van der Waals surface area contributed by atoms with Gasteiger partial charge in [-0.25, -0.2) is 9.97 Å². The fourth-order valence-electron chi connectivity index (χ4n) is 3.69. The van der Waals surface area contributed by atoms with E-state index in [1.807, 2.05) is 31.2 Å². The predicted molar refractivity (Wildman–Crippen MR) is 138 cm³/mol. The molecular formula is C26H24F3N7O. The fraction of sp³-hybridized carbons (Fsp3) is 0.154. The summed E-state index contributed by atoms with van der Waals surface area (Å²) in [5.41, 5.74) is 6.95. The van der Waals surface area contributed by atoms with Crippen molar-refractivity contribution in [2.24, 2.45) is 5.10 Å². The Morgan fingerprint density at radius 2 is 1.92 bits per heavy atom. The van der Waals surface area contributed by atoms with E-state index in [2.05, 4.69) is 37.5 Å². The third-order valence-electron chi connectivity index (χ3n) is 5.51. The number of benzene rings is 2. The number of amides is 1. The molecule has 2 aromatic carbocycles. The zero-order valence-corrected chi connectivity index (χ0v) is 20.1. The van der Waals surface area contributed by atoms with Crippen LogP contribution in [0.15, 0.2) is 72.1 Å². The summed E-state index contributed by atoms with van der Waals surface area (Å²) in [4.78, 5) is 24.9. The number of hydrogen-bond donors (Lipinski definition) is 3. The van der Waals surface area contributed by atoms with Crippen molar-refractivity contribution in [3.8, 4) is 11.4 Å². The van der Waals surface area contributed by atoms with E-state index in [4.69, 9.17) is 0 Å². The summed E-state index contributed by atoms with van der Waals surface area (Å²) < 4.78 is 38.0. The van der Waals surface area contributed by atoms with Crippen molar-refractivity contribution < 1.29 is 18.0 Å². The molecule has 11 heteroatoms. The highest BCUT2D eigenvalue weighted by Crippen LogP contribution is 2.26. The van der Waals surface area contributed by atoms with Gasteiger partial charge in [0.05, 0.1) is 0 Å². The third-order valence-corrected chi connectivity index (χ3v) is 5.51. The molecule has 8 nitrogen and oxygen atoms in total. The monoisotopic (exact) mass is 507 g/mol. The SMILES string of the molecule is C=NN/C=C(\C)c1ccc(Nc2ccnc(-c3ccc4[nH]c(C(=O)N(C)CC(F)(F)F)cc4c3)n2)cc1. The van der Waals surface area contributed by atoms with E-state index >= 15 is 0 Å². The molecule has 0 spiro atoms. The van der Waals surface area contributed by atoms with E-state index in [0.717, 1.165) is 23.9 Å². The lowest BCUT2D eigenvalue weighted by atomic mass is 10.1. The lowest BCUT2D eigenvalue weighted by molar-refractivity contribution is -0.138. The molecule has 4 aromatic rings. The first-order valence-electron chi connectivity index (χ1n) is 11.2. The number of halogens is 3. The van der Waals surface area contributed by atoms with Gasteiger partial charge in [-0.05, 0) is 60.5 Å². The van der Waals surface area contributed by atoms with Crippen LogP contribution >= 0.6 is 0 Å². The molecule has 0 atom stereocenters. The maximum absolute atomic E-state index is 12.7. The van der Waals surface area contributed by atoms with E-state index < -0.39 is 18.6 Å². The summed E-state index contributed by atoms with van der Waals surface area (Å²) in [5, 5.41) is 7.50. The van der Waals surface area contributed by atoms with Gasteiger partial charge >= 0.3 is 6.18 Å². The normalized spacial score (nSPS) is 11.9. The predicted octanol–water partition coefficient (Wildman–Crippen LogP) is 5.57. The molecule has 0 saturated heterocycles. The average molecular weight is 508 g/mol. The van der Waals surface area contributed by atoms with E-state index in [9.17, 15) is 18.0 Å². The molecule has 1 amide bonds. The molecule has 3 N–H and O–H groups in total. The van der Waals surface area contributed by atoms with Crippen molar-refractivity contribution in [2.75, 3.05) is 18.9 Å². The maximum atomic E-state index is 12.7. The Morgan fingerprint density at radius 3 is 2.62 bits per heavy atom. The molecular weight excluding hydrogens is 483 g/mol. The van der Waals surface area contributed by atoms with Gasteiger partial charge in [-0.15, -0.1) is 0 Å². The van der Waals surface area contributed by atoms with Crippen LogP contribution in [-0.4, -0.2) is 52.2 Å². The number of aromatic nitrogens is 3. The topological polar surface area (TPSA) is 98.3 Å². The minimum Gasteiger partial charge on any atom is -0.351 e. The lowest BCUT2D eigenvalue weighted by Crippen LogP contribution is -2.35. The molecule has 2 aromatic heterocycles. The number of hydrogen-bond acceptors (Lipinski definition) is 6. The molecule has 0 bridgehead atoms. The van der Waals surface area contributed by atoms with E-state index in [0.29, 0.717) is 33.0 Å². The number of anilines is 2. The molecule has 4 rings (SSSR count). The number of alkyl halides is 3. The molecule has 0 aliphatic heterocycles. The minimum atomic E-state index is -4.47. The second-order valence-corrected chi connectivity index (χ2v) is 8.34. The van der Waals surface area contributed by atoms with E-state index in [1.54, 1.807) is 36.7 Å². The van der Waals surface area contributed by atoms with Crippen molar-refractivity contribution in [1.82, 2.24) is 25.3 Å². The Morgan fingerprint density at radius 1 is 1.16 bits per heavy atom. The fourth-order valence-corrected chi connectivity index (χ4v) is 3.69. The molecule has 0 saturated carbocycles. The Labute approximate surface area is 210 Å². The molecule has 0 unspecified atom stereocenters. The molecule has 190 valence electrons. The Kier molecular flexibility index (Phi) is 7.23. The van der Waals surface area contributed by atoms with Crippen molar-refractivity contribution in [3.05, 3.63) is 78.3 Å². The van der Waals surface area contributed by atoms with Crippen LogP contribution in [-0.2, 0) is 0 Å². The smallest absolute Gasteiger partial charge is 0.351 e. The van der Waals surface area contributed by atoms with Crippen LogP contribution in [0.3, 0.4) is 0 Å². The zero-order valence-electron chi connectivity index (χ0n) is 20.1. The van der Waals surface area contributed by atoms with Crippen molar-refractivity contribution in [2.45, 2.75) is 13.1 Å². The van der Waals surface area contributed by atoms with Gasteiger partial charge in [-0.2, -0.15) is 18.3 Å². The summed E-state index contributed by atoms with van der Waals surface area (Å²) in [6.45, 7) is 4.00. The molecule has 2 heterocycles. The highest BCUT2D eigenvalue weighted by molar-refractivity contribution is 5.98. The van der Waals surface area contributed by atoms with Gasteiger partial charge in [-0.1, -0.05) is 12.1 Å². The number of carbonyl (C=O) groups is 1. The molecule has 0 aliphatic carbocycles. The quantitative estimate of drug-likeness (QED) is 0.214. The molecule has 0 fully saturated rings. The standard InChI is InChI=1S/C26H24F3N7O/c1-16(14-32-30-2)17-4-7-20(8-5-17)33-23-10-11-31-24(35-23)18-6-9-21-19(12-18)13-22(34-21)25(37)36(3)15-26(27,28)29/h4-14,32,34H,2,15H2,1,3H3,(H,31,33,35)/b16-14+. The lowest BCUT2D eigenvalue weighted by Gasteiger charge is -2.17. The van der Waals surface area contributed by atoms with Gasteiger partial charge < -0.3 is 15.2 Å². The Bertz CT molecular complexity index is 1460. The van der Waals surface area contributed by atoms with Gasteiger partial charge in [0.25, 0.3) is 5.91 Å². The van der Waals surface area contributed by atoms with Crippen LogP contribution in [0.2, 0.25) is 0 Å². The van der Waals surface area contributed by atoms with Gasteiger partial charge in [0.15, 0.2) is 5.82 Å². The molecule has 0 radical (unpaired) electrons. The second-order valence-electron chi connectivity index (χ2n) is 8.34. The number of hydrazone groups is 1. The summed E-state index contributed by atoms with van der Waals surface area (Å²) in [6, 6.07) is 16.3. The number of nitrogens with zero attached hydrogens (tertiary/aromatic N) is 4. The number of allylic oxidation sites excluding steroid dienone is 1. The maximum Gasteiger partial charge on any atom is 0.406 e. The van der Waals surface area contributed by atoms with Crippen LogP contribution in [0.5, 0.6) is 0 Å². The second kappa shape index (κ2) is 10.5. The van der Waals surface area contributed by atoms with Crippen LogP contribution in [0.1, 0.15) is 23.0 Å². The number of fused-ring (bicyclic) bond motifs is 1. The minimum absolute atomic E-state index is 0.0697. The molecule has 37 heavy (non-hydrogen) atoms. The summed E-state index contributed by atoms with van der Waals surface area (Å²) >= 11 is 0. The van der Waals surface area contributed by atoms with Crippen molar-refractivity contribution in [3.63, 3.8) is 0 Å². The van der Waals surface area contributed by atoms with Gasteiger partial charge in [-0.3, -0.25) is 10.2 Å². The first-order valence-corrected chi connectivity index (χ1v) is 11.2. The largest absolute Gasteiger partial charge is 0.406 e. The first kappa shape index (κ1) is 25.4. The van der Waals surface area contributed by atoms with Gasteiger partial charge in [0.1, 0.15) is 18.1 Å². The zero-order chi connectivity index (χ0) is 26.6. The summed E-state index contributed by atoms with van der Waals surface area (Å²) in [6.07, 6.45) is -1.09. The number of aromatic amines is 1. The number of carbonyl (C=O) groups excluding carboxylic acids is 1. The van der Waals surface area contributed by atoms with Crippen LogP contribution in [0.25, 0.3) is 27.9 Å². The van der Waals surface area contributed by atoms with Crippen LogP contribution in [0.4, 0.5) is 24.7 Å².